The zero-order chi connectivity index (χ0) is 19.3. The molecule has 0 atom stereocenters. The van der Waals surface area contributed by atoms with Gasteiger partial charge in [0, 0.05) is 17.1 Å². The molecule has 4 aromatic rings. The van der Waals surface area contributed by atoms with E-state index in [1.165, 1.54) is 6.33 Å². The Bertz CT molecular complexity index is 1170. The molecule has 0 unspecified atom stereocenters. The Hall–Kier alpha value is -4.11. The molecular weight excluding hydrogens is 352 g/mol. The van der Waals surface area contributed by atoms with Crippen molar-refractivity contribution in [3.63, 3.8) is 0 Å². The standard InChI is InChI=1S/C22H16N4O2/c1-27-18-9-10-20-21(12-18)24-14-25-22(20)26-16-5-7-17(8-6-16)28-19-4-2-3-15(11-19)13-23/h2-12,14H,1H3,(H,24,25,26). The van der Waals surface area contributed by atoms with Crippen LogP contribution < -0.4 is 14.8 Å². The molecule has 1 N–H and O–H groups in total. The summed E-state index contributed by atoms with van der Waals surface area (Å²) in [5.41, 5.74) is 2.23. The number of nitriles is 1. The van der Waals surface area contributed by atoms with Crippen molar-refractivity contribution < 1.29 is 9.47 Å². The number of fused-ring (bicyclic) bond motifs is 1. The third-order valence-electron chi connectivity index (χ3n) is 4.16. The number of nitrogens with zero attached hydrogens (tertiary/aromatic N) is 3. The van der Waals surface area contributed by atoms with E-state index < -0.39 is 0 Å². The summed E-state index contributed by atoms with van der Waals surface area (Å²) in [6, 6.07) is 22.3. The fourth-order valence-corrected chi connectivity index (χ4v) is 2.77. The van der Waals surface area contributed by atoms with Gasteiger partial charge in [-0.05, 0) is 54.6 Å². The molecule has 0 amide bonds. The van der Waals surface area contributed by atoms with Gasteiger partial charge in [-0.15, -0.1) is 0 Å². The molecule has 1 heterocycles. The third-order valence-corrected chi connectivity index (χ3v) is 4.16. The molecule has 6 nitrogen and oxygen atoms in total. The number of rotatable bonds is 5. The van der Waals surface area contributed by atoms with Crippen LogP contribution >= 0.6 is 0 Å². The van der Waals surface area contributed by atoms with Gasteiger partial charge in [-0.1, -0.05) is 6.07 Å². The van der Waals surface area contributed by atoms with Crippen molar-refractivity contribution in [3.8, 4) is 23.3 Å². The molecule has 6 heteroatoms. The Kier molecular flexibility index (Phi) is 4.72. The Morgan fingerprint density at radius 3 is 2.50 bits per heavy atom. The Labute approximate surface area is 162 Å². The van der Waals surface area contributed by atoms with Crippen LogP contribution in [0.4, 0.5) is 11.5 Å². The van der Waals surface area contributed by atoms with Crippen molar-refractivity contribution >= 4 is 22.4 Å². The van der Waals surface area contributed by atoms with Gasteiger partial charge in [0.25, 0.3) is 0 Å². The van der Waals surface area contributed by atoms with Crippen LogP contribution in [0, 0.1) is 11.3 Å². The minimum atomic E-state index is 0.558. The van der Waals surface area contributed by atoms with Gasteiger partial charge in [-0.25, -0.2) is 9.97 Å². The molecule has 0 spiro atoms. The Balaban J connectivity index is 1.53. The molecule has 0 radical (unpaired) electrons. The molecule has 0 aliphatic rings. The first-order valence-corrected chi connectivity index (χ1v) is 8.59. The minimum Gasteiger partial charge on any atom is -0.497 e. The van der Waals surface area contributed by atoms with Crippen LogP contribution in [0.1, 0.15) is 5.56 Å². The van der Waals surface area contributed by atoms with Crippen molar-refractivity contribution in [2.45, 2.75) is 0 Å². The van der Waals surface area contributed by atoms with Crippen LogP contribution in [0.3, 0.4) is 0 Å². The largest absolute Gasteiger partial charge is 0.497 e. The first kappa shape index (κ1) is 17.3. The molecule has 0 bridgehead atoms. The van der Waals surface area contributed by atoms with E-state index >= 15 is 0 Å². The highest BCUT2D eigenvalue weighted by atomic mass is 16.5. The predicted molar refractivity (Wildman–Crippen MR) is 107 cm³/mol. The number of hydrogen-bond donors (Lipinski definition) is 1. The van der Waals surface area contributed by atoms with E-state index in [-0.39, 0.29) is 0 Å². The Morgan fingerprint density at radius 1 is 0.893 bits per heavy atom. The van der Waals surface area contributed by atoms with Crippen molar-refractivity contribution in [3.05, 3.63) is 78.6 Å². The van der Waals surface area contributed by atoms with Crippen LogP contribution in [0.15, 0.2) is 73.1 Å². The van der Waals surface area contributed by atoms with Gasteiger partial charge in [0.1, 0.15) is 29.4 Å². The fraction of sp³-hybridized carbons (Fsp3) is 0.0455. The van der Waals surface area contributed by atoms with E-state index in [1.807, 2.05) is 48.5 Å². The first-order valence-electron chi connectivity index (χ1n) is 8.59. The zero-order valence-electron chi connectivity index (χ0n) is 15.1. The average Bonchev–Trinajstić information content (AvgIpc) is 2.75. The number of methoxy groups -OCH3 is 1. The topological polar surface area (TPSA) is 80.1 Å². The molecule has 0 aliphatic carbocycles. The van der Waals surface area contributed by atoms with E-state index in [0.29, 0.717) is 22.9 Å². The lowest BCUT2D eigenvalue weighted by molar-refractivity contribution is 0.415. The molecule has 0 saturated carbocycles. The second-order valence-electron chi connectivity index (χ2n) is 6.00. The zero-order valence-corrected chi connectivity index (χ0v) is 15.1. The van der Waals surface area contributed by atoms with Crippen LogP contribution in [0.5, 0.6) is 17.2 Å². The summed E-state index contributed by atoms with van der Waals surface area (Å²) in [6.45, 7) is 0. The molecule has 0 fully saturated rings. The maximum atomic E-state index is 8.98. The summed E-state index contributed by atoms with van der Waals surface area (Å²) in [6.07, 6.45) is 1.52. The lowest BCUT2D eigenvalue weighted by Crippen LogP contribution is -1.96. The summed E-state index contributed by atoms with van der Waals surface area (Å²) in [7, 11) is 1.63. The third kappa shape index (κ3) is 3.69. The Morgan fingerprint density at radius 2 is 1.71 bits per heavy atom. The number of nitrogens with one attached hydrogen (secondary N) is 1. The summed E-state index contributed by atoms with van der Waals surface area (Å²) in [5.74, 6) is 2.76. The quantitative estimate of drug-likeness (QED) is 0.531. The van der Waals surface area contributed by atoms with E-state index in [9.17, 15) is 0 Å². The lowest BCUT2D eigenvalue weighted by Gasteiger charge is -2.10. The summed E-state index contributed by atoms with van der Waals surface area (Å²) >= 11 is 0. The van der Waals surface area contributed by atoms with Gasteiger partial charge < -0.3 is 14.8 Å². The SMILES string of the molecule is COc1ccc2c(Nc3ccc(Oc4cccc(C#N)c4)cc3)ncnc2c1. The van der Waals surface area contributed by atoms with Crippen molar-refractivity contribution in [2.75, 3.05) is 12.4 Å². The highest BCUT2D eigenvalue weighted by Gasteiger charge is 2.06. The molecular formula is C22H16N4O2. The number of hydrogen-bond acceptors (Lipinski definition) is 6. The maximum Gasteiger partial charge on any atom is 0.141 e. The molecule has 0 saturated heterocycles. The summed E-state index contributed by atoms with van der Waals surface area (Å²) < 4.78 is 11.0. The van der Waals surface area contributed by atoms with E-state index in [2.05, 4.69) is 21.4 Å². The van der Waals surface area contributed by atoms with Gasteiger partial charge in [-0.2, -0.15) is 5.26 Å². The maximum absolute atomic E-state index is 8.98. The molecule has 3 aromatic carbocycles. The van der Waals surface area contributed by atoms with Crippen LogP contribution in [0.2, 0.25) is 0 Å². The average molecular weight is 368 g/mol. The van der Waals surface area contributed by atoms with E-state index in [1.54, 1.807) is 25.3 Å². The molecule has 4 rings (SSSR count). The lowest BCUT2D eigenvalue weighted by atomic mass is 10.2. The number of anilines is 2. The predicted octanol–water partition coefficient (Wildman–Crippen LogP) is 5.05. The van der Waals surface area contributed by atoms with Gasteiger partial charge >= 0.3 is 0 Å². The monoisotopic (exact) mass is 368 g/mol. The molecule has 28 heavy (non-hydrogen) atoms. The fourth-order valence-electron chi connectivity index (χ4n) is 2.77. The van der Waals surface area contributed by atoms with Gasteiger partial charge in [-0.3, -0.25) is 0 Å². The highest BCUT2D eigenvalue weighted by molar-refractivity contribution is 5.91. The highest BCUT2D eigenvalue weighted by Crippen LogP contribution is 2.28. The van der Waals surface area contributed by atoms with Crippen LogP contribution in [-0.2, 0) is 0 Å². The normalized spacial score (nSPS) is 10.3. The second-order valence-corrected chi connectivity index (χ2v) is 6.00. The van der Waals surface area contributed by atoms with Crippen LogP contribution in [-0.4, -0.2) is 17.1 Å². The first-order chi connectivity index (χ1) is 13.7. The summed E-state index contributed by atoms with van der Waals surface area (Å²) in [5, 5.41) is 13.2. The molecule has 0 aliphatic heterocycles. The van der Waals surface area contributed by atoms with Crippen molar-refractivity contribution in [2.24, 2.45) is 0 Å². The van der Waals surface area contributed by atoms with E-state index in [0.717, 1.165) is 22.3 Å². The van der Waals surface area contributed by atoms with Gasteiger partial charge in [0.05, 0.1) is 24.3 Å². The molecule has 1 aromatic heterocycles. The summed E-state index contributed by atoms with van der Waals surface area (Å²) in [4.78, 5) is 8.64. The molecule has 136 valence electrons. The smallest absolute Gasteiger partial charge is 0.141 e. The van der Waals surface area contributed by atoms with Gasteiger partial charge in [0.2, 0.25) is 0 Å². The van der Waals surface area contributed by atoms with E-state index in [4.69, 9.17) is 14.7 Å². The van der Waals surface area contributed by atoms with Crippen molar-refractivity contribution in [1.82, 2.24) is 9.97 Å². The van der Waals surface area contributed by atoms with Gasteiger partial charge in [0.15, 0.2) is 0 Å². The minimum absolute atomic E-state index is 0.558. The van der Waals surface area contributed by atoms with Crippen LogP contribution in [0.25, 0.3) is 10.9 Å². The van der Waals surface area contributed by atoms with Crippen molar-refractivity contribution in [1.29, 1.82) is 5.26 Å². The number of aromatic nitrogens is 2. The number of benzene rings is 3. The number of ether oxygens (including phenoxy) is 2. The second kappa shape index (κ2) is 7.64.